The van der Waals surface area contributed by atoms with Crippen molar-refractivity contribution in [1.29, 1.82) is 0 Å². The van der Waals surface area contributed by atoms with Crippen molar-refractivity contribution in [3.63, 3.8) is 0 Å². The van der Waals surface area contributed by atoms with Gasteiger partial charge in [0.2, 0.25) is 0 Å². The lowest BCUT2D eigenvalue weighted by atomic mass is 9.86. The van der Waals surface area contributed by atoms with Crippen molar-refractivity contribution in [2.24, 2.45) is 17.6 Å². The summed E-state index contributed by atoms with van der Waals surface area (Å²) in [6.07, 6.45) is 3.03. The number of carbonyl (C=O) groups is 1. The van der Waals surface area contributed by atoms with Gasteiger partial charge in [-0.1, -0.05) is 38.1 Å². The first-order chi connectivity index (χ1) is 15.9. The summed E-state index contributed by atoms with van der Waals surface area (Å²) in [4.78, 5) is 14.6. The first-order valence-corrected chi connectivity index (χ1v) is 11.6. The second-order valence-electron chi connectivity index (χ2n) is 9.22. The van der Waals surface area contributed by atoms with Gasteiger partial charge in [0.15, 0.2) is 5.82 Å². The standard InChI is InChI=1S/C26H33N5O2/c1-17(2)20-11-13-31(14-12-20)21-7-3-18(4-8-21)15-23-24(25(27)33)26(30-29-23)28-16-19-5-9-22(32)10-6-19/h3-10,17,20,32H,11-16H2,1-2H3,(H2,27,33)(H2,28,29,30). The van der Waals surface area contributed by atoms with Crippen LogP contribution in [-0.2, 0) is 13.0 Å². The number of phenolic OH excluding ortho intramolecular Hbond substituents is 1. The van der Waals surface area contributed by atoms with Crippen LogP contribution in [0.5, 0.6) is 5.75 Å². The molecule has 0 unspecified atom stereocenters. The number of hydrogen-bond donors (Lipinski definition) is 4. The van der Waals surface area contributed by atoms with E-state index in [1.165, 1.54) is 18.5 Å². The molecule has 2 heterocycles. The maximum atomic E-state index is 12.2. The number of hydrogen-bond acceptors (Lipinski definition) is 5. The Labute approximate surface area is 195 Å². The number of benzene rings is 2. The minimum absolute atomic E-state index is 0.213. The van der Waals surface area contributed by atoms with E-state index in [4.69, 9.17) is 5.73 Å². The molecule has 0 atom stereocenters. The Morgan fingerprint density at radius 2 is 1.76 bits per heavy atom. The lowest BCUT2D eigenvalue weighted by molar-refractivity contribution is 0.100. The number of nitrogens with two attached hydrogens (primary N) is 1. The van der Waals surface area contributed by atoms with Crippen LogP contribution in [0.1, 0.15) is 53.9 Å². The Kier molecular flexibility index (Phi) is 6.87. The summed E-state index contributed by atoms with van der Waals surface area (Å²) in [7, 11) is 0. The second kappa shape index (κ2) is 9.98. The van der Waals surface area contributed by atoms with Gasteiger partial charge in [0.25, 0.3) is 5.91 Å². The predicted octanol–water partition coefficient (Wildman–Crippen LogP) is 4.29. The van der Waals surface area contributed by atoms with E-state index in [-0.39, 0.29) is 5.75 Å². The number of aromatic amines is 1. The van der Waals surface area contributed by atoms with Gasteiger partial charge in [0, 0.05) is 31.7 Å². The van der Waals surface area contributed by atoms with E-state index in [0.29, 0.717) is 30.0 Å². The fraction of sp³-hybridized carbons (Fsp3) is 0.385. The van der Waals surface area contributed by atoms with Crippen molar-refractivity contribution < 1.29 is 9.90 Å². The van der Waals surface area contributed by atoms with Crippen molar-refractivity contribution in [3.8, 4) is 5.75 Å². The number of amides is 1. The highest BCUT2D eigenvalue weighted by Gasteiger charge is 2.22. The zero-order valence-electron chi connectivity index (χ0n) is 19.3. The molecular weight excluding hydrogens is 414 g/mol. The van der Waals surface area contributed by atoms with Crippen LogP contribution >= 0.6 is 0 Å². The lowest BCUT2D eigenvalue weighted by Crippen LogP contribution is -2.35. The minimum Gasteiger partial charge on any atom is -0.508 e. The molecule has 0 aliphatic carbocycles. The number of anilines is 2. The highest BCUT2D eigenvalue weighted by atomic mass is 16.3. The van der Waals surface area contributed by atoms with Gasteiger partial charge in [0.1, 0.15) is 11.3 Å². The summed E-state index contributed by atoms with van der Waals surface area (Å²) in [5.41, 5.74) is 10.1. The van der Waals surface area contributed by atoms with E-state index < -0.39 is 5.91 Å². The van der Waals surface area contributed by atoms with Crippen molar-refractivity contribution >= 4 is 17.4 Å². The number of H-pyrrole nitrogens is 1. The minimum atomic E-state index is -0.517. The highest BCUT2D eigenvalue weighted by molar-refractivity contribution is 5.99. The van der Waals surface area contributed by atoms with Gasteiger partial charge >= 0.3 is 0 Å². The molecule has 0 bridgehead atoms. The largest absolute Gasteiger partial charge is 0.508 e. The SMILES string of the molecule is CC(C)C1CCN(c2ccc(Cc3[nH]nc(NCc4ccc(O)cc4)c3C(N)=O)cc2)CC1. The smallest absolute Gasteiger partial charge is 0.254 e. The summed E-state index contributed by atoms with van der Waals surface area (Å²) < 4.78 is 0. The molecular formula is C26H33N5O2. The number of nitrogens with one attached hydrogen (secondary N) is 2. The van der Waals surface area contributed by atoms with E-state index >= 15 is 0 Å². The first kappa shape index (κ1) is 22.7. The van der Waals surface area contributed by atoms with E-state index in [1.807, 2.05) is 12.1 Å². The van der Waals surface area contributed by atoms with Gasteiger partial charge in [-0.25, -0.2) is 0 Å². The Hall–Kier alpha value is -3.48. The molecule has 174 valence electrons. The van der Waals surface area contributed by atoms with Crippen LogP contribution in [0.4, 0.5) is 11.5 Å². The molecule has 1 aromatic heterocycles. The Morgan fingerprint density at radius 3 is 2.36 bits per heavy atom. The quantitative estimate of drug-likeness (QED) is 0.412. The summed E-state index contributed by atoms with van der Waals surface area (Å²) in [6, 6.07) is 15.4. The average Bonchev–Trinajstić information content (AvgIpc) is 3.22. The van der Waals surface area contributed by atoms with E-state index in [9.17, 15) is 9.90 Å². The third kappa shape index (κ3) is 5.48. The van der Waals surface area contributed by atoms with Crippen molar-refractivity contribution in [1.82, 2.24) is 10.2 Å². The van der Waals surface area contributed by atoms with Crippen LogP contribution in [0.2, 0.25) is 0 Å². The molecule has 1 saturated heterocycles. The average molecular weight is 448 g/mol. The van der Waals surface area contributed by atoms with E-state index in [2.05, 4.69) is 58.5 Å². The second-order valence-corrected chi connectivity index (χ2v) is 9.22. The van der Waals surface area contributed by atoms with Gasteiger partial charge in [-0.15, -0.1) is 0 Å². The van der Waals surface area contributed by atoms with E-state index in [1.54, 1.807) is 12.1 Å². The predicted molar refractivity (Wildman–Crippen MR) is 132 cm³/mol. The number of nitrogens with zero attached hydrogens (tertiary/aromatic N) is 2. The third-order valence-corrected chi connectivity index (χ3v) is 6.65. The maximum Gasteiger partial charge on any atom is 0.254 e. The summed E-state index contributed by atoms with van der Waals surface area (Å²) >= 11 is 0. The van der Waals surface area contributed by atoms with Crippen LogP contribution in [0.15, 0.2) is 48.5 Å². The number of piperidine rings is 1. The van der Waals surface area contributed by atoms with Crippen LogP contribution in [-0.4, -0.2) is 34.3 Å². The van der Waals surface area contributed by atoms with E-state index in [0.717, 1.165) is 36.1 Å². The molecule has 33 heavy (non-hydrogen) atoms. The first-order valence-electron chi connectivity index (χ1n) is 11.6. The topological polar surface area (TPSA) is 107 Å². The molecule has 7 heteroatoms. The summed E-state index contributed by atoms with van der Waals surface area (Å²) in [6.45, 7) is 7.31. The molecule has 0 radical (unpaired) electrons. The zero-order valence-corrected chi connectivity index (χ0v) is 19.3. The molecule has 4 rings (SSSR count). The maximum absolute atomic E-state index is 12.2. The van der Waals surface area contributed by atoms with Gasteiger partial charge in [0.05, 0.1) is 5.69 Å². The number of carbonyl (C=O) groups excluding carboxylic acids is 1. The van der Waals surface area contributed by atoms with Crippen LogP contribution < -0.4 is 16.0 Å². The fourth-order valence-corrected chi connectivity index (χ4v) is 4.55. The number of aromatic hydroxyl groups is 1. The third-order valence-electron chi connectivity index (χ3n) is 6.65. The molecule has 5 N–H and O–H groups in total. The van der Waals surface area contributed by atoms with Crippen molar-refractivity contribution in [2.45, 2.75) is 39.7 Å². The normalized spacial score (nSPS) is 14.6. The lowest BCUT2D eigenvalue weighted by Gasteiger charge is -2.35. The highest BCUT2D eigenvalue weighted by Crippen LogP contribution is 2.28. The van der Waals surface area contributed by atoms with Gasteiger partial charge < -0.3 is 21.1 Å². The molecule has 1 fully saturated rings. The fourth-order valence-electron chi connectivity index (χ4n) is 4.55. The van der Waals surface area contributed by atoms with Crippen LogP contribution in [0.3, 0.4) is 0 Å². The summed E-state index contributed by atoms with van der Waals surface area (Å²) in [5.74, 6) is 1.71. The molecule has 2 aromatic carbocycles. The van der Waals surface area contributed by atoms with Crippen LogP contribution in [0, 0.1) is 11.8 Å². The molecule has 1 aliphatic heterocycles. The Balaban J connectivity index is 1.41. The van der Waals surface area contributed by atoms with Gasteiger partial charge in [-0.2, -0.15) is 5.10 Å². The number of aromatic nitrogens is 2. The van der Waals surface area contributed by atoms with Gasteiger partial charge in [-0.3, -0.25) is 9.89 Å². The monoisotopic (exact) mass is 447 g/mol. The zero-order chi connectivity index (χ0) is 23.4. The molecule has 0 saturated carbocycles. The Bertz CT molecular complexity index is 1070. The van der Waals surface area contributed by atoms with Crippen LogP contribution in [0.25, 0.3) is 0 Å². The number of primary amides is 1. The Morgan fingerprint density at radius 1 is 1.12 bits per heavy atom. The van der Waals surface area contributed by atoms with Crippen molar-refractivity contribution in [3.05, 3.63) is 70.9 Å². The molecule has 1 amide bonds. The van der Waals surface area contributed by atoms with Crippen molar-refractivity contribution in [2.75, 3.05) is 23.3 Å². The number of rotatable bonds is 8. The molecule has 3 aromatic rings. The molecule has 0 spiro atoms. The van der Waals surface area contributed by atoms with Gasteiger partial charge in [-0.05, 0) is 60.1 Å². The summed E-state index contributed by atoms with van der Waals surface area (Å²) in [5, 5.41) is 19.9. The number of phenols is 1. The molecule has 1 aliphatic rings. The molecule has 7 nitrogen and oxygen atoms in total.